The number of anilines is 1. The Morgan fingerprint density at radius 2 is 1.97 bits per heavy atom. The van der Waals surface area contributed by atoms with Crippen molar-refractivity contribution in [1.82, 2.24) is 5.32 Å². The van der Waals surface area contributed by atoms with E-state index < -0.39 is 46.9 Å². The molecule has 0 heterocycles. The number of esters is 1. The summed E-state index contributed by atoms with van der Waals surface area (Å²) in [7, 11) is 0. The van der Waals surface area contributed by atoms with Crippen LogP contribution in [0, 0.1) is 16.0 Å². The van der Waals surface area contributed by atoms with E-state index in [9.17, 15) is 32.9 Å². The fraction of sp³-hybridized carbons (Fsp3) is 0.579. The minimum absolute atomic E-state index is 0.0234. The number of nitro groups is 1. The van der Waals surface area contributed by atoms with Crippen molar-refractivity contribution >= 4 is 23.3 Å². The average molecular weight is 431 g/mol. The van der Waals surface area contributed by atoms with Gasteiger partial charge >= 0.3 is 12.1 Å². The van der Waals surface area contributed by atoms with Crippen molar-refractivity contribution in [1.29, 1.82) is 0 Å². The van der Waals surface area contributed by atoms with Gasteiger partial charge in [0.25, 0.3) is 11.6 Å². The molecule has 11 heteroatoms. The number of rotatable bonds is 7. The summed E-state index contributed by atoms with van der Waals surface area (Å²) < 4.78 is 43.2. The molecule has 1 saturated carbocycles. The second-order valence-corrected chi connectivity index (χ2v) is 7.40. The lowest BCUT2D eigenvalue weighted by Crippen LogP contribution is -2.43. The van der Waals surface area contributed by atoms with Gasteiger partial charge in [-0.2, -0.15) is 13.2 Å². The summed E-state index contributed by atoms with van der Waals surface area (Å²) in [6, 6.07) is 0.838. The first kappa shape index (κ1) is 23.4. The molecule has 1 aliphatic carbocycles. The SMILES string of the molecule is C[C@H](Nc1ccc(C(F)(F)F)cc1[N+](=O)[O-])C(=O)OCC(=O)N[C@@H]1CCCC[C@H]1C. The van der Waals surface area contributed by atoms with Crippen molar-refractivity contribution in [2.45, 2.75) is 57.8 Å². The third kappa shape index (κ3) is 6.33. The second-order valence-electron chi connectivity index (χ2n) is 7.40. The van der Waals surface area contributed by atoms with E-state index in [2.05, 4.69) is 10.6 Å². The first-order valence-electron chi connectivity index (χ1n) is 9.57. The number of ether oxygens (including phenoxy) is 1. The van der Waals surface area contributed by atoms with Crippen molar-refractivity contribution in [3.63, 3.8) is 0 Å². The minimum Gasteiger partial charge on any atom is -0.454 e. The molecule has 1 amide bonds. The summed E-state index contributed by atoms with van der Waals surface area (Å²) in [4.78, 5) is 34.2. The van der Waals surface area contributed by atoms with Crippen molar-refractivity contribution in [3.8, 4) is 0 Å². The number of amides is 1. The van der Waals surface area contributed by atoms with E-state index in [1.165, 1.54) is 6.92 Å². The number of carbonyl (C=O) groups is 2. The summed E-state index contributed by atoms with van der Waals surface area (Å²) in [5.74, 6) is -0.981. The molecule has 2 rings (SSSR count). The van der Waals surface area contributed by atoms with Crippen LogP contribution in [0.25, 0.3) is 0 Å². The van der Waals surface area contributed by atoms with Crippen LogP contribution >= 0.6 is 0 Å². The van der Waals surface area contributed by atoms with Crippen molar-refractivity contribution < 1.29 is 32.4 Å². The lowest BCUT2D eigenvalue weighted by molar-refractivity contribution is -0.384. The van der Waals surface area contributed by atoms with Crippen molar-refractivity contribution in [3.05, 3.63) is 33.9 Å². The highest BCUT2D eigenvalue weighted by Crippen LogP contribution is 2.35. The molecule has 0 aromatic heterocycles. The molecule has 30 heavy (non-hydrogen) atoms. The van der Waals surface area contributed by atoms with Crippen LogP contribution in [-0.4, -0.2) is 35.5 Å². The van der Waals surface area contributed by atoms with Crippen LogP contribution in [0.2, 0.25) is 0 Å². The van der Waals surface area contributed by atoms with Gasteiger partial charge in [-0.05, 0) is 37.8 Å². The third-order valence-electron chi connectivity index (χ3n) is 5.05. The smallest absolute Gasteiger partial charge is 0.416 e. The number of hydrogen-bond acceptors (Lipinski definition) is 6. The van der Waals surface area contributed by atoms with Gasteiger partial charge in [-0.25, -0.2) is 4.79 Å². The number of nitro benzene ring substituents is 1. The summed E-state index contributed by atoms with van der Waals surface area (Å²) in [5.41, 5.74) is -2.27. The molecule has 166 valence electrons. The molecule has 1 aromatic rings. The largest absolute Gasteiger partial charge is 0.454 e. The molecular weight excluding hydrogens is 407 g/mol. The summed E-state index contributed by atoms with van der Waals surface area (Å²) in [6.07, 6.45) is -0.741. The maximum Gasteiger partial charge on any atom is 0.416 e. The van der Waals surface area contributed by atoms with Crippen LogP contribution in [0.15, 0.2) is 18.2 Å². The maximum atomic E-state index is 12.8. The van der Waals surface area contributed by atoms with Crippen molar-refractivity contribution in [2.75, 3.05) is 11.9 Å². The molecule has 1 aliphatic rings. The molecule has 1 aromatic carbocycles. The molecule has 0 bridgehead atoms. The monoisotopic (exact) mass is 431 g/mol. The highest BCUT2D eigenvalue weighted by molar-refractivity contribution is 5.84. The lowest BCUT2D eigenvalue weighted by atomic mass is 9.86. The first-order chi connectivity index (χ1) is 14.0. The van der Waals surface area contributed by atoms with E-state index in [1.807, 2.05) is 6.92 Å². The van der Waals surface area contributed by atoms with E-state index in [1.54, 1.807) is 0 Å². The van der Waals surface area contributed by atoms with Crippen LogP contribution < -0.4 is 10.6 Å². The van der Waals surface area contributed by atoms with E-state index in [0.29, 0.717) is 18.1 Å². The molecule has 0 radical (unpaired) electrons. The van der Waals surface area contributed by atoms with Crippen LogP contribution in [0.5, 0.6) is 0 Å². The summed E-state index contributed by atoms with van der Waals surface area (Å²) in [6.45, 7) is 2.85. The Morgan fingerprint density at radius 1 is 1.30 bits per heavy atom. The molecule has 8 nitrogen and oxygen atoms in total. The summed E-state index contributed by atoms with van der Waals surface area (Å²) in [5, 5.41) is 16.4. The lowest BCUT2D eigenvalue weighted by Gasteiger charge is -2.29. The molecule has 3 atom stereocenters. The Bertz CT molecular complexity index is 800. The van der Waals surface area contributed by atoms with E-state index in [4.69, 9.17) is 4.74 Å². The Balaban J connectivity index is 1.93. The van der Waals surface area contributed by atoms with Crippen LogP contribution in [0.1, 0.15) is 45.1 Å². The Hall–Kier alpha value is -2.85. The zero-order valence-corrected chi connectivity index (χ0v) is 16.6. The second kappa shape index (κ2) is 9.77. The zero-order valence-electron chi connectivity index (χ0n) is 16.6. The Morgan fingerprint density at radius 3 is 2.57 bits per heavy atom. The summed E-state index contributed by atoms with van der Waals surface area (Å²) >= 11 is 0. The molecule has 1 fully saturated rings. The molecule has 0 aliphatic heterocycles. The highest BCUT2D eigenvalue weighted by Gasteiger charge is 2.33. The van der Waals surface area contributed by atoms with Gasteiger partial charge in [0.15, 0.2) is 6.61 Å². The van der Waals surface area contributed by atoms with Gasteiger partial charge in [-0.3, -0.25) is 14.9 Å². The normalized spacial score (nSPS) is 20.2. The van der Waals surface area contributed by atoms with Gasteiger partial charge in [0.2, 0.25) is 0 Å². The Labute approximate surface area is 171 Å². The standard InChI is InChI=1S/C19H24F3N3O5/c1-11-5-3-4-6-14(11)24-17(26)10-30-18(27)12(2)23-15-8-7-13(19(20,21)22)9-16(15)25(28)29/h7-9,11-12,14,23H,3-6,10H2,1-2H3,(H,24,26)/t11-,12+,14-/m1/s1. The van der Waals surface area contributed by atoms with Gasteiger partial charge in [0.1, 0.15) is 11.7 Å². The highest BCUT2D eigenvalue weighted by atomic mass is 19.4. The van der Waals surface area contributed by atoms with E-state index in [0.717, 1.165) is 31.7 Å². The van der Waals surface area contributed by atoms with Gasteiger partial charge in [0, 0.05) is 12.1 Å². The maximum absolute atomic E-state index is 12.8. The van der Waals surface area contributed by atoms with E-state index in [-0.39, 0.29) is 11.7 Å². The fourth-order valence-electron chi connectivity index (χ4n) is 3.31. The predicted molar refractivity (Wildman–Crippen MR) is 102 cm³/mol. The van der Waals surface area contributed by atoms with Gasteiger partial charge in [0.05, 0.1) is 10.5 Å². The quantitative estimate of drug-likeness (QED) is 0.387. The number of halogens is 3. The van der Waals surface area contributed by atoms with E-state index >= 15 is 0 Å². The number of hydrogen-bond donors (Lipinski definition) is 2. The molecular formula is C19H24F3N3O5. The number of nitrogens with one attached hydrogen (secondary N) is 2. The number of alkyl halides is 3. The molecule has 0 spiro atoms. The van der Waals surface area contributed by atoms with Crippen molar-refractivity contribution in [2.24, 2.45) is 5.92 Å². The number of benzene rings is 1. The van der Waals surface area contributed by atoms with Gasteiger partial charge < -0.3 is 15.4 Å². The predicted octanol–water partition coefficient (Wildman–Crippen LogP) is 3.65. The number of nitrogens with zero attached hydrogens (tertiary/aromatic N) is 1. The average Bonchev–Trinajstić information content (AvgIpc) is 2.67. The van der Waals surface area contributed by atoms with Crippen LogP contribution in [0.3, 0.4) is 0 Å². The Kier molecular flexibility index (Phi) is 7.63. The molecule has 0 unspecified atom stereocenters. The van der Waals surface area contributed by atoms with Gasteiger partial charge in [-0.15, -0.1) is 0 Å². The number of carbonyl (C=O) groups excluding carboxylic acids is 2. The first-order valence-corrected chi connectivity index (χ1v) is 9.57. The van der Waals surface area contributed by atoms with Gasteiger partial charge in [-0.1, -0.05) is 19.8 Å². The molecule has 0 saturated heterocycles. The fourth-order valence-corrected chi connectivity index (χ4v) is 3.31. The topological polar surface area (TPSA) is 111 Å². The third-order valence-corrected chi connectivity index (χ3v) is 5.05. The zero-order chi connectivity index (χ0) is 22.5. The minimum atomic E-state index is -4.74. The van der Waals surface area contributed by atoms with Crippen LogP contribution in [-0.2, 0) is 20.5 Å². The molecule has 2 N–H and O–H groups in total. The van der Waals surface area contributed by atoms with Crippen LogP contribution in [0.4, 0.5) is 24.5 Å².